The number of amides is 1. The van der Waals surface area contributed by atoms with Gasteiger partial charge in [-0.3, -0.25) is 38.4 Å². The summed E-state index contributed by atoms with van der Waals surface area (Å²) in [6.45, 7) is 4.49. The van der Waals surface area contributed by atoms with Crippen molar-refractivity contribution in [2.75, 3.05) is 13.7 Å². The summed E-state index contributed by atoms with van der Waals surface area (Å²) >= 11 is 0.897. The molecule has 8 atom stereocenters. The summed E-state index contributed by atoms with van der Waals surface area (Å²) in [4.78, 5) is 106. The van der Waals surface area contributed by atoms with Crippen molar-refractivity contribution in [1.82, 2.24) is 4.90 Å². The Morgan fingerprint density at radius 2 is 1.18 bits per heavy atom. The van der Waals surface area contributed by atoms with Crippen LogP contribution in [0, 0.1) is 11.8 Å². The van der Waals surface area contributed by atoms with Crippen LogP contribution in [0.4, 0.5) is 0 Å². The van der Waals surface area contributed by atoms with Gasteiger partial charge in [-0.2, -0.15) is 0 Å². The Hall–Kier alpha value is -5.05. The van der Waals surface area contributed by atoms with Crippen molar-refractivity contribution in [3.63, 3.8) is 0 Å². The topological polar surface area (TPSA) is 186 Å². The molecule has 0 saturated carbocycles. The normalized spacial score (nSPS) is 25.7. The van der Waals surface area contributed by atoms with Crippen LogP contribution in [-0.4, -0.2) is 95.2 Å². The van der Waals surface area contributed by atoms with E-state index in [4.69, 9.17) is 23.7 Å². The highest BCUT2D eigenvalue weighted by molar-refractivity contribution is 8.03. The van der Waals surface area contributed by atoms with Crippen LogP contribution in [0.5, 0.6) is 0 Å². The number of likely N-dealkylation sites (tertiary alicyclic amines) is 1. The number of esters is 5. The van der Waals surface area contributed by atoms with Gasteiger partial charge in [0.2, 0.25) is 5.91 Å². The lowest BCUT2D eigenvalue weighted by Crippen LogP contribution is -2.70. The number of ketones is 2. The fourth-order valence-corrected chi connectivity index (χ4v) is 9.58. The molecule has 0 unspecified atom stereocenters. The van der Waals surface area contributed by atoms with Crippen LogP contribution in [0.3, 0.4) is 0 Å². The van der Waals surface area contributed by atoms with Crippen molar-refractivity contribution in [3.8, 4) is 0 Å². The van der Waals surface area contributed by atoms with Crippen LogP contribution in [0.25, 0.3) is 0 Å². The number of thioether (sulfide) groups is 1. The third-order valence-corrected chi connectivity index (χ3v) is 11.0. The maximum absolute atomic E-state index is 14.7. The standard InChI is InChI=1S/C35H35NO13S/c1-17(37)45-16-25(46-18(2)38)30(47-19(3)39)31(48-20(4)40)32(49-21(5)41)35-27-26(28(42)23-14-10-11-15-24(23)29(27)43)34(50-35,33(44)36(35)6)22-12-8-7-9-13-22/h7-15,25-27,30-32H,16H2,1-6H3/t25-,26+,27-,30-,31+,32-,34-,35-/m1/s1. The predicted octanol–water partition coefficient (Wildman–Crippen LogP) is 2.40. The molecule has 2 aromatic rings. The van der Waals surface area contributed by atoms with E-state index in [0.717, 1.165) is 46.4 Å². The van der Waals surface area contributed by atoms with E-state index >= 15 is 0 Å². The maximum atomic E-state index is 14.7. The first kappa shape index (κ1) is 36.2. The molecule has 0 radical (unpaired) electrons. The first-order valence-corrected chi connectivity index (χ1v) is 16.4. The maximum Gasteiger partial charge on any atom is 0.303 e. The zero-order valence-electron chi connectivity index (χ0n) is 28.0. The summed E-state index contributed by atoms with van der Waals surface area (Å²) in [6.07, 6.45) is -7.25. The summed E-state index contributed by atoms with van der Waals surface area (Å²) in [6, 6.07) is 14.5. The number of fused-ring (bicyclic) bond motifs is 6. The first-order chi connectivity index (χ1) is 23.6. The Labute approximate surface area is 291 Å². The molecule has 3 aliphatic rings. The second kappa shape index (κ2) is 13.7. The fourth-order valence-electron chi connectivity index (χ4n) is 7.33. The number of benzene rings is 2. The second-order valence-corrected chi connectivity index (χ2v) is 13.7. The van der Waals surface area contributed by atoms with E-state index in [1.807, 2.05) is 0 Å². The van der Waals surface area contributed by atoms with Crippen LogP contribution < -0.4 is 0 Å². The molecule has 14 nitrogen and oxygen atoms in total. The SMILES string of the molecule is CC(=O)OC[C@@H](OC(C)=O)[C@@H](OC(C)=O)[C@H](OC(C)=O)[C@@H](OC(C)=O)[C@@]12S[C@@](c3ccccc3)(C(=O)N1C)[C@@H]1C(=O)c3ccccc3C(=O)[C@@H]12. The van der Waals surface area contributed by atoms with E-state index < -0.39 is 99.8 Å². The van der Waals surface area contributed by atoms with Crippen LogP contribution >= 0.6 is 11.8 Å². The van der Waals surface area contributed by atoms with Crippen molar-refractivity contribution in [3.05, 3.63) is 71.3 Å². The summed E-state index contributed by atoms with van der Waals surface area (Å²) in [7, 11) is 1.37. The highest BCUT2D eigenvalue weighted by Crippen LogP contribution is 2.72. The molecule has 0 spiro atoms. The van der Waals surface area contributed by atoms with E-state index in [2.05, 4.69) is 0 Å². The molecule has 2 heterocycles. The minimum atomic E-state index is -2.00. The van der Waals surface area contributed by atoms with Crippen molar-refractivity contribution in [1.29, 1.82) is 0 Å². The number of ether oxygens (including phenoxy) is 5. The number of hydrogen-bond donors (Lipinski definition) is 0. The fraction of sp³-hybridized carbons (Fsp3) is 0.429. The summed E-state index contributed by atoms with van der Waals surface area (Å²) in [5, 5.41) is 0. The Morgan fingerprint density at radius 3 is 1.70 bits per heavy atom. The van der Waals surface area contributed by atoms with Gasteiger partial charge in [-0.25, -0.2) is 0 Å². The molecule has 1 aliphatic carbocycles. The predicted molar refractivity (Wildman–Crippen MR) is 172 cm³/mol. The largest absolute Gasteiger partial charge is 0.462 e. The van der Waals surface area contributed by atoms with Gasteiger partial charge in [0, 0.05) is 52.8 Å². The number of nitrogens with zero attached hydrogens (tertiary/aromatic N) is 1. The van der Waals surface area contributed by atoms with Crippen molar-refractivity contribution in [2.24, 2.45) is 11.8 Å². The van der Waals surface area contributed by atoms with Crippen molar-refractivity contribution in [2.45, 2.75) is 68.7 Å². The molecule has 2 fully saturated rings. The molecular formula is C35H35NO13S. The van der Waals surface area contributed by atoms with E-state index in [1.54, 1.807) is 42.5 Å². The molecular weight excluding hydrogens is 674 g/mol. The highest BCUT2D eigenvalue weighted by atomic mass is 32.2. The minimum absolute atomic E-state index is 0.0742. The van der Waals surface area contributed by atoms with Gasteiger partial charge >= 0.3 is 29.8 Å². The molecule has 2 saturated heterocycles. The van der Waals surface area contributed by atoms with Gasteiger partial charge in [-0.15, -0.1) is 11.8 Å². The van der Waals surface area contributed by atoms with Gasteiger partial charge in [0.1, 0.15) is 16.2 Å². The molecule has 2 aliphatic heterocycles. The van der Waals surface area contributed by atoms with Gasteiger partial charge in [0.05, 0.1) is 11.8 Å². The lowest BCUT2D eigenvalue weighted by molar-refractivity contribution is -0.211. The highest BCUT2D eigenvalue weighted by Gasteiger charge is 2.82. The summed E-state index contributed by atoms with van der Waals surface area (Å²) in [5.41, 5.74) is 0.583. The number of Topliss-reactive ketones (excluding diaryl/α,β-unsaturated/α-hetero) is 2. The molecule has 0 N–H and O–H groups in total. The average molecular weight is 710 g/mol. The minimum Gasteiger partial charge on any atom is -0.462 e. The Balaban J connectivity index is 1.82. The average Bonchev–Trinajstić information content (AvgIpc) is 3.50. The third-order valence-electron chi connectivity index (χ3n) is 8.98. The number of carbonyl (C=O) groups is 8. The third kappa shape index (κ3) is 5.92. The van der Waals surface area contributed by atoms with Gasteiger partial charge < -0.3 is 28.6 Å². The monoisotopic (exact) mass is 709 g/mol. The summed E-state index contributed by atoms with van der Waals surface area (Å²) in [5.74, 6) is -8.97. The Morgan fingerprint density at radius 1 is 0.680 bits per heavy atom. The number of piperidine rings is 1. The van der Waals surface area contributed by atoms with Crippen LogP contribution in [0.2, 0.25) is 0 Å². The quantitative estimate of drug-likeness (QED) is 0.245. The molecule has 5 rings (SSSR count). The molecule has 15 heteroatoms. The summed E-state index contributed by atoms with van der Waals surface area (Å²) < 4.78 is 26.1. The van der Waals surface area contributed by atoms with Gasteiger partial charge in [-0.1, -0.05) is 54.6 Å². The molecule has 264 valence electrons. The first-order valence-electron chi connectivity index (χ1n) is 15.6. The van der Waals surface area contributed by atoms with Crippen molar-refractivity contribution < 1.29 is 62.0 Å². The lowest BCUT2D eigenvalue weighted by atomic mass is 9.60. The van der Waals surface area contributed by atoms with Crippen molar-refractivity contribution >= 4 is 59.1 Å². The number of likely N-dealkylation sites (N-methyl/N-ethyl adjacent to an activating group) is 1. The molecule has 1 amide bonds. The van der Waals surface area contributed by atoms with Crippen LogP contribution in [0.1, 0.15) is 60.9 Å². The Kier molecular flexibility index (Phi) is 9.92. The van der Waals surface area contributed by atoms with Crippen LogP contribution in [0.15, 0.2) is 54.6 Å². The lowest BCUT2D eigenvalue weighted by Gasteiger charge is -2.50. The van der Waals surface area contributed by atoms with E-state index in [0.29, 0.717) is 5.56 Å². The zero-order chi connectivity index (χ0) is 36.7. The van der Waals surface area contributed by atoms with E-state index in [1.165, 1.54) is 24.1 Å². The van der Waals surface area contributed by atoms with Gasteiger partial charge in [0.25, 0.3) is 0 Å². The molecule has 0 aromatic heterocycles. The number of rotatable bonds is 11. The zero-order valence-corrected chi connectivity index (χ0v) is 28.8. The van der Waals surface area contributed by atoms with Gasteiger partial charge in [0.15, 0.2) is 36.0 Å². The molecule has 2 aromatic carbocycles. The van der Waals surface area contributed by atoms with E-state index in [9.17, 15) is 38.4 Å². The molecule has 50 heavy (non-hydrogen) atoms. The van der Waals surface area contributed by atoms with Gasteiger partial charge in [-0.05, 0) is 5.56 Å². The Bertz CT molecular complexity index is 1780. The number of carbonyl (C=O) groups excluding carboxylic acids is 8. The smallest absolute Gasteiger partial charge is 0.303 e. The van der Waals surface area contributed by atoms with Crippen LogP contribution in [-0.2, 0) is 57.2 Å². The molecule has 2 bridgehead atoms. The second-order valence-electron chi connectivity index (χ2n) is 12.2. The van der Waals surface area contributed by atoms with E-state index in [-0.39, 0.29) is 11.1 Å². The number of hydrogen-bond acceptors (Lipinski definition) is 14.